The van der Waals surface area contributed by atoms with E-state index in [1.54, 1.807) is 0 Å². The second kappa shape index (κ2) is 39.4. The molecule has 1 atom stereocenters. The molecule has 0 saturated carbocycles. The highest BCUT2D eigenvalue weighted by Gasteiger charge is 2.14. The molecule has 0 fully saturated rings. The largest absolute Gasteiger partial charge is 0.481 e. The van der Waals surface area contributed by atoms with E-state index >= 15 is 0 Å². The van der Waals surface area contributed by atoms with Crippen molar-refractivity contribution in [3.63, 3.8) is 0 Å². The molecule has 0 aromatic carbocycles. The maximum atomic E-state index is 12.7. The van der Waals surface area contributed by atoms with Gasteiger partial charge in [0.2, 0.25) is 0 Å². The molecule has 4 heteroatoms. The Labute approximate surface area is 294 Å². The van der Waals surface area contributed by atoms with Gasteiger partial charge in [-0.25, -0.2) is 0 Å². The molecule has 0 spiro atoms. The second-order valence-corrected chi connectivity index (χ2v) is 14.9. The Kier molecular flexibility index (Phi) is 38.5. The summed E-state index contributed by atoms with van der Waals surface area (Å²) >= 11 is 0. The van der Waals surface area contributed by atoms with Crippen LogP contribution in [0.5, 0.6) is 0 Å². The molecule has 280 valence electrons. The lowest BCUT2D eigenvalue weighted by Crippen LogP contribution is -2.18. The fourth-order valence-electron chi connectivity index (χ4n) is 6.89. The minimum Gasteiger partial charge on any atom is -0.481 e. The Balaban J connectivity index is 3.95. The third-order valence-corrected chi connectivity index (χ3v) is 10.1. The highest BCUT2D eigenvalue weighted by Crippen LogP contribution is 2.19. The zero-order chi connectivity index (χ0) is 34.3. The SMILES string of the molecule is CCCCCCCCCCCCCCCCCCC(=O)OC(CCCCCCCCCCCCCCC)CCCCCCCC(=O)O. The Hall–Kier alpha value is -1.06. The zero-order valence-electron chi connectivity index (χ0n) is 32.1. The first-order chi connectivity index (χ1) is 23.1. The van der Waals surface area contributed by atoms with E-state index in [0.717, 1.165) is 64.2 Å². The van der Waals surface area contributed by atoms with Gasteiger partial charge in [-0.15, -0.1) is 0 Å². The average molecular weight is 665 g/mol. The number of carbonyl (C=O) groups is 2. The number of rotatable bonds is 40. The molecular formula is C43H84O4. The Bertz CT molecular complexity index is 633. The average Bonchev–Trinajstić information content (AvgIpc) is 3.05. The fraction of sp³-hybridized carbons (Fsp3) is 0.953. The first-order valence-corrected chi connectivity index (χ1v) is 21.5. The van der Waals surface area contributed by atoms with Gasteiger partial charge in [-0.2, -0.15) is 0 Å². The van der Waals surface area contributed by atoms with Crippen LogP contribution in [0.2, 0.25) is 0 Å². The number of aliphatic carboxylic acids is 1. The fourth-order valence-corrected chi connectivity index (χ4v) is 6.89. The minimum atomic E-state index is -0.695. The monoisotopic (exact) mass is 665 g/mol. The van der Waals surface area contributed by atoms with Crippen molar-refractivity contribution < 1.29 is 19.4 Å². The molecule has 0 aliphatic rings. The lowest BCUT2D eigenvalue weighted by Gasteiger charge is -2.18. The number of carboxylic acid groups (broad SMARTS) is 1. The smallest absolute Gasteiger partial charge is 0.306 e. The zero-order valence-corrected chi connectivity index (χ0v) is 32.1. The molecule has 0 bridgehead atoms. The predicted molar refractivity (Wildman–Crippen MR) is 204 cm³/mol. The van der Waals surface area contributed by atoms with Crippen LogP contribution in [0, 0.1) is 0 Å². The highest BCUT2D eigenvalue weighted by atomic mass is 16.5. The van der Waals surface area contributed by atoms with Crippen LogP contribution < -0.4 is 0 Å². The molecule has 1 N–H and O–H groups in total. The van der Waals surface area contributed by atoms with Crippen molar-refractivity contribution in [1.29, 1.82) is 0 Å². The van der Waals surface area contributed by atoms with Gasteiger partial charge >= 0.3 is 11.9 Å². The number of carboxylic acids is 1. The molecule has 0 heterocycles. The molecule has 4 nitrogen and oxygen atoms in total. The van der Waals surface area contributed by atoms with E-state index in [0.29, 0.717) is 6.42 Å². The van der Waals surface area contributed by atoms with Crippen molar-refractivity contribution in [2.45, 2.75) is 264 Å². The summed E-state index contributed by atoms with van der Waals surface area (Å²) < 4.78 is 6.02. The molecular weight excluding hydrogens is 580 g/mol. The summed E-state index contributed by atoms with van der Waals surface area (Å²) in [6.07, 6.45) is 47.0. The van der Waals surface area contributed by atoms with E-state index in [1.165, 1.54) is 167 Å². The van der Waals surface area contributed by atoms with E-state index in [-0.39, 0.29) is 18.5 Å². The highest BCUT2D eigenvalue weighted by molar-refractivity contribution is 5.69. The molecule has 1 unspecified atom stereocenters. The topological polar surface area (TPSA) is 63.6 Å². The summed E-state index contributed by atoms with van der Waals surface area (Å²) in [5.74, 6) is -0.685. The Morgan fingerprint density at radius 3 is 0.936 bits per heavy atom. The summed E-state index contributed by atoms with van der Waals surface area (Å²) in [6.45, 7) is 4.57. The van der Waals surface area contributed by atoms with Crippen molar-refractivity contribution in [2.75, 3.05) is 0 Å². The summed E-state index contributed by atoms with van der Waals surface area (Å²) in [5.41, 5.74) is 0. The van der Waals surface area contributed by atoms with Crippen LogP contribution in [-0.2, 0) is 14.3 Å². The van der Waals surface area contributed by atoms with Gasteiger partial charge in [-0.1, -0.05) is 206 Å². The van der Waals surface area contributed by atoms with Gasteiger partial charge in [0.05, 0.1) is 0 Å². The number of unbranched alkanes of at least 4 members (excludes halogenated alkanes) is 31. The van der Waals surface area contributed by atoms with Gasteiger partial charge in [0, 0.05) is 12.8 Å². The molecule has 0 aliphatic heterocycles. The summed E-state index contributed by atoms with van der Waals surface area (Å²) in [7, 11) is 0. The van der Waals surface area contributed by atoms with Gasteiger partial charge < -0.3 is 9.84 Å². The summed E-state index contributed by atoms with van der Waals surface area (Å²) in [6, 6.07) is 0. The van der Waals surface area contributed by atoms with E-state index < -0.39 is 5.97 Å². The number of esters is 1. The number of hydrogen-bond donors (Lipinski definition) is 1. The predicted octanol–water partition coefficient (Wildman–Crippen LogP) is 14.8. The van der Waals surface area contributed by atoms with Crippen molar-refractivity contribution in [3.8, 4) is 0 Å². The van der Waals surface area contributed by atoms with Gasteiger partial charge in [0.15, 0.2) is 0 Å². The molecule has 0 aliphatic carbocycles. The van der Waals surface area contributed by atoms with Gasteiger partial charge in [0.1, 0.15) is 6.10 Å². The first kappa shape index (κ1) is 45.9. The van der Waals surface area contributed by atoms with Crippen molar-refractivity contribution in [2.24, 2.45) is 0 Å². The normalized spacial score (nSPS) is 12.0. The van der Waals surface area contributed by atoms with Gasteiger partial charge in [-0.05, 0) is 38.5 Å². The third-order valence-electron chi connectivity index (χ3n) is 10.1. The van der Waals surface area contributed by atoms with Crippen molar-refractivity contribution in [3.05, 3.63) is 0 Å². The van der Waals surface area contributed by atoms with E-state index in [2.05, 4.69) is 13.8 Å². The van der Waals surface area contributed by atoms with Crippen LogP contribution in [-0.4, -0.2) is 23.1 Å². The Morgan fingerprint density at radius 2 is 0.638 bits per heavy atom. The minimum absolute atomic E-state index is 0.0107. The maximum absolute atomic E-state index is 12.7. The van der Waals surface area contributed by atoms with Crippen LogP contribution >= 0.6 is 0 Å². The lowest BCUT2D eigenvalue weighted by atomic mass is 10.0. The lowest BCUT2D eigenvalue weighted by molar-refractivity contribution is -0.150. The van der Waals surface area contributed by atoms with Crippen molar-refractivity contribution in [1.82, 2.24) is 0 Å². The summed E-state index contributed by atoms with van der Waals surface area (Å²) in [4.78, 5) is 23.4. The van der Waals surface area contributed by atoms with Crippen LogP contribution in [0.4, 0.5) is 0 Å². The third kappa shape index (κ3) is 39.3. The Morgan fingerprint density at radius 1 is 0.383 bits per heavy atom. The van der Waals surface area contributed by atoms with Crippen LogP contribution in [0.15, 0.2) is 0 Å². The molecule has 0 rings (SSSR count). The molecule has 0 aromatic rings. The van der Waals surface area contributed by atoms with Crippen molar-refractivity contribution >= 4 is 11.9 Å². The number of hydrogen-bond acceptors (Lipinski definition) is 3. The summed E-state index contributed by atoms with van der Waals surface area (Å²) in [5, 5.41) is 8.83. The van der Waals surface area contributed by atoms with E-state index in [9.17, 15) is 9.59 Å². The molecule has 0 radical (unpaired) electrons. The maximum Gasteiger partial charge on any atom is 0.306 e. The van der Waals surface area contributed by atoms with Gasteiger partial charge in [0.25, 0.3) is 0 Å². The number of ether oxygens (including phenoxy) is 1. The number of carbonyl (C=O) groups excluding carboxylic acids is 1. The molecule has 0 aromatic heterocycles. The molecule has 0 amide bonds. The van der Waals surface area contributed by atoms with E-state index in [4.69, 9.17) is 9.84 Å². The first-order valence-electron chi connectivity index (χ1n) is 21.5. The van der Waals surface area contributed by atoms with Crippen LogP contribution in [0.3, 0.4) is 0 Å². The quantitative estimate of drug-likeness (QED) is 0.0523. The second-order valence-electron chi connectivity index (χ2n) is 14.9. The molecule has 0 saturated heterocycles. The molecule has 47 heavy (non-hydrogen) atoms. The van der Waals surface area contributed by atoms with Gasteiger partial charge in [-0.3, -0.25) is 9.59 Å². The van der Waals surface area contributed by atoms with Crippen LogP contribution in [0.25, 0.3) is 0 Å². The van der Waals surface area contributed by atoms with E-state index in [1.807, 2.05) is 0 Å². The standard InChI is InChI=1S/C43H84O4/c1-3-5-7-9-11-13-15-17-18-19-21-23-25-27-32-36-40-43(46)47-41(38-34-30-28-31-35-39-42(44)45)37-33-29-26-24-22-20-16-14-12-10-8-6-4-2/h41H,3-40H2,1-2H3,(H,44,45). The van der Waals surface area contributed by atoms with Crippen LogP contribution in [0.1, 0.15) is 258 Å².